The molecule has 0 saturated carbocycles. The topological polar surface area (TPSA) is 105 Å². The van der Waals surface area contributed by atoms with Crippen LogP contribution in [0, 0.1) is 18.7 Å². The van der Waals surface area contributed by atoms with E-state index in [1.807, 2.05) is 13.0 Å². The van der Waals surface area contributed by atoms with E-state index in [9.17, 15) is 4.79 Å². The van der Waals surface area contributed by atoms with Crippen molar-refractivity contribution in [2.24, 2.45) is 10.9 Å². The highest BCUT2D eigenvalue weighted by Crippen LogP contribution is 2.37. The molecule has 1 aliphatic rings. The summed E-state index contributed by atoms with van der Waals surface area (Å²) in [6, 6.07) is 4.25. The van der Waals surface area contributed by atoms with Crippen LogP contribution in [0.2, 0.25) is 0 Å². The van der Waals surface area contributed by atoms with Gasteiger partial charge in [-0.25, -0.2) is 14.2 Å². The van der Waals surface area contributed by atoms with Crippen molar-refractivity contribution in [3.63, 3.8) is 0 Å². The molecule has 0 bridgehead atoms. The molecule has 0 aromatic carbocycles. The molecule has 0 radical (unpaired) electrons. The zero-order chi connectivity index (χ0) is 29.3. The van der Waals surface area contributed by atoms with Crippen LogP contribution in [0.4, 0.5) is 4.39 Å². The first-order valence-corrected chi connectivity index (χ1v) is 13.7. The van der Waals surface area contributed by atoms with Gasteiger partial charge in [-0.15, -0.1) is 0 Å². The zero-order valence-corrected chi connectivity index (χ0v) is 24.2. The predicted octanol–water partition coefficient (Wildman–Crippen LogP) is -0.135. The lowest BCUT2D eigenvalue weighted by Crippen LogP contribution is -2.39. The maximum absolute atomic E-state index is 15.5. The van der Waals surface area contributed by atoms with E-state index in [0.717, 1.165) is 11.1 Å². The second-order valence-corrected chi connectivity index (χ2v) is 11.2. The summed E-state index contributed by atoms with van der Waals surface area (Å²) in [5.74, 6) is 2.51. The van der Waals surface area contributed by atoms with Gasteiger partial charge in [0.2, 0.25) is 5.88 Å². The van der Waals surface area contributed by atoms with Crippen LogP contribution >= 0.6 is 0 Å². The number of rotatable bonds is 7. The van der Waals surface area contributed by atoms with E-state index >= 15 is 4.39 Å². The Kier molecular flexibility index (Phi) is 8.02. The van der Waals surface area contributed by atoms with Crippen molar-refractivity contribution >= 4 is 52.6 Å². The largest absolute Gasteiger partial charge is 0.480 e. The standard InChI is InChI=1S/C28H31B3FN5O4/c1-4-33-27(39-3)22-20(14-38)37(25(16-7-10-40-11-8-16)23-18(32)6-5-9-34-23)19-12-17(13-35-24(19)22)21-15(2)36-41-26(21)28(29,30)31/h4-6,9,12-13,16,25H,7-8,10-11,29-31H2,1-3H3/b27-22-,33-4-. The predicted molar refractivity (Wildman–Crippen MR) is 162 cm³/mol. The first-order chi connectivity index (χ1) is 19.7. The molecule has 4 aromatic rings. The molecule has 5 rings (SSSR count). The molecule has 1 aliphatic heterocycles. The second-order valence-electron chi connectivity index (χ2n) is 11.2. The van der Waals surface area contributed by atoms with Gasteiger partial charge in [-0.05, 0) is 50.8 Å². The summed E-state index contributed by atoms with van der Waals surface area (Å²) in [6.07, 6.45) is 6.19. The average molecular weight is 553 g/mol. The van der Waals surface area contributed by atoms with Gasteiger partial charge in [0.1, 0.15) is 22.4 Å². The molecule has 0 spiro atoms. The van der Waals surface area contributed by atoms with Gasteiger partial charge in [-0.1, -0.05) is 10.3 Å². The molecule has 41 heavy (non-hydrogen) atoms. The van der Waals surface area contributed by atoms with Gasteiger partial charge >= 0.3 is 0 Å². The minimum Gasteiger partial charge on any atom is -0.480 e. The van der Waals surface area contributed by atoms with E-state index in [1.54, 1.807) is 36.2 Å². The summed E-state index contributed by atoms with van der Waals surface area (Å²) in [7, 11) is 7.64. The van der Waals surface area contributed by atoms with Crippen molar-refractivity contribution in [3.8, 4) is 11.1 Å². The van der Waals surface area contributed by atoms with E-state index < -0.39 is 11.9 Å². The summed E-state index contributed by atoms with van der Waals surface area (Å²) < 4.78 is 34.3. The molecule has 0 aliphatic carbocycles. The Bertz CT molecular complexity index is 1770. The minimum absolute atomic E-state index is 0.0736. The number of pyridine rings is 2. The van der Waals surface area contributed by atoms with Crippen LogP contribution in [0.1, 0.15) is 43.0 Å². The number of aliphatic imine (C=N–C) groups is 1. The maximum atomic E-state index is 15.5. The third kappa shape index (κ3) is 5.16. The summed E-state index contributed by atoms with van der Waals surface area (Å²) in [6.45, 7) is 4.69. The van der Waals surface area contributed by atoms with Crippen molar-refractivity contribution in [3.05, 3.63) is 64.1 Å². The lowest BCUT2D eigenvalue weighted by molar-refractivity contribution is 0.0534. The molecule has 1 unspecified atom stereocenters. The fraction of sp³-hybridized carbons (Fsp3) is 0.357. The molecule has 5 heterocycles. The highest BCUT2D eigenvalue weighted by atomic mass is 19.1. The van der Waals surface area contributed by atoms with Gasteiger partial charge in [0, 0.05) is 42.9 Å². The van der Waals surface area contributed by atoms with Crippen LogP contribution in [0.5, 0.6) is 0 Å². The molecule has 0 N–H and O–H groups in total. The van der Waals surface area contributed by atoms with Crippen molar-refractivity contribution in [2.45, 2.75) is 37.8 Å². The van der Waals surface area contributed by atoms with Gasteiger partial charge in [0.05, 0.1) is 58.8 Å². The molecule has 9 nitrogen and oxygen atoms in total. The first kappa shape index (κ1) is 28.6. The maximum Gasteiger partial charge on any atom is 0.225 e. The van der Waals surface area contributed by atoms with Gasteiger partial charge in [0.15, 0.2) is 5.94 Å². The van der Waals surface area contributed by atoms with E-state index in [1.165, 1.54) is 13.2 Å². The number of ether oxygens (including phenoxy) is 2. The molecule has 1 atom stereocenters. The SMILES string of the molecule is BC(B)(B)c1onc(C)c1-c1cnc2/c(=C(/N=C\C)OC)c(=C=O)n(C(c3ncccc3F)C3CCOCC3)c2c1. The number of hydrogen-bond donors (Lipinski definition) is 0. The quantitative estimate of drug-likeness (QED) is 0.232. The molecular weight excluding hydrogens is 522 g/mol. The van der Waals surface area contributed by atoms with E-state index in [4.69, 9.17) is 19.0 Å². The monoisotopic (exact) mass is 553 g/mol. The Balaban J connectivity index is 1.95. The van der Waals surface area contributed by atoms with Gasteiger partial charge < -0.3 is 18.6 Å². The molecule has 0 amide bonds. The number of nitrogens with zero attached hydrogens (tertiary/aromatic N) is 5. The Morgan fingerprint density at radius 3 is 2.71 bits per heavy atom. The Morgan fingerprint density at radius 1 is 1.32 bits per heavy atom. The van der Waals surface area contributed by atoms with Gasteiger partial charge in [-0.2, -0.15) is 0 Å². The highest BCUT2D eigenvalue weighted by Gasteiger charge is 2.34. The van der Waals surface area contributed by atoms with Crippen LogP contribution in [0.25, 0.3) is 28.0 Å². The Hall–Kier alpha value is -3.95. The van der Waals surface area contributed by atoms with E-state index in [2.05, 4.69) is 44.6 Å². The third-order valence-corrected chi connectivity index (χ3v) is 7.48. The molecule has 1 fully saturated rings. The summed E-state index contributed by atoms with van der Waals surface area (Å²) in [4.78, 5) is 26.5. The van der Waals surface area contributed by atoms with Crippen LogP contribution in [0.3, 0.4) is 0 Å². The van der Waals surface area contributed by atoms with E-state index in [0.29, 0.717) is 53.8 Å². The lowest BCUT2D eigenvalue weighted by atomic mass is 9.41. The van der Waals surface area contributed by atoms with Crippen molar-refractivity contribution in [2.75, 3.05) is 20.3 Å². The second kappa shape index (κ2) is 11.5. The van der Waals surface area contributed by atoms with Crippen molar-refractivity contribution in [1.29, 1.82) is 0 Å². The summed E-state index contributed by atoms with van der Waals surface area (Å²) in [5.41, 5.74) is 3.61. The summed E-state index contributed by atoms with van der Waals surface area (Å²) in [5, 5.41) is 4.46. The highest BCUT2D eigenvalue weighted by molar-refractivity contribution is 6.59. The third-order valence-electron chi connectivity index (χ3n) is 7.48. The van der Waals surface area contributed by atoms with E-state index in [-0.39, 0.29) is 28.0 Å². The van der Waals surface area contributed by atoms with Crippen LogP contribution < -0.4 is 10.6 Å². The van der Waals surface area contributed by atoms with Crippen LogP contribution in [0.15, 0.2) is 40.1 Å². The first-order valence-electron chi connectivity index (χ1n) is 13.7. The number of fused-ring (bicyclic) bond motifs is 1. The molecule has 208 valence electrons. The Morgan fingerprint density at radius 2 is 2.07 bits per heavy atom. The molecule has 4 aromatic heterocycles. The van der Waals surface area contributed by atoms with Crippen molar-refractivity contribution in [1.82, 2.24) is 19.7 Å². The number of hydrogen-bond acceptors (Lipinski definition) is 8. The molecular formula is C28H31B3FN5O4. The van der Waals surface area contributed by atoms with Crippen LogP contribution in [-0.2, 0) is 19.4 Å². The molecule has 13 heteroatoms. The minimum atomic E-state index is -0.640. The number of aromatic nitrogens is 4. The fourth-order valence-electron chi connectivity index (χ4n) is 5.67. The fourth-order valence-corrected chi connectivity index (χ4v) is 5.67. The van der Waals surface area contributed by atoms with Gasteiger partial charge in [0.25, 0.3) is 0 Å². The molecule has 1 saturated heterocycles. The number of carbonyl (C=O) groups excluding carboxylic acids is 1. The van der Waals surface area contributed by atoms with Gasteiger partial charge in [-0.3, -0.25) is 9.97 Å². The lowest BCUT2D eigenvalue weighted by Gasteiger charge is -2.31. The number of aryl methyl sites for hydroxylation is 1. The zero-order valence-electron chi connectivity index (χ0n) is 24.2. The average Bonchev–Trinajstić information content (AvgIpc) is 3.51. The Labute approximate surface area is 239 Å². The number of halogens is 1. The van der Waals surface area contributed by atoms with Crippen molar-refractivity contribution < 1.29 is 23.2 Å². The summed E-state index contributed by atoms with van der Waals surface area (Å²) >= 11 is 0. The normalized spacial score (nSPS) is 16.2. The van der Waals surface area contributed by atoms with Crippen LogP contribution in [-0.4, -0.2) is 75.7 Å². The number of methoxy groups -OCH3 is 1. The smallest absolute Gasteiger partial charge is 0.225 e.